The molecule has 3 nitrogen and oxygen atoms in total. The van der Waals surface area contributed by atoms with Crippen molar-refractivity contribution in [1.29, 1.82) is 0 Å². The van der Waals surface area contributed by atoms with Gasteiger partial charge in [0.25, 0.3) is 0 Å². The van der Waals surface area contributed by atoms with E-state index in [1.807, 2.05) is 45.0 Å². The van der Waals surface area contributed by atoms with Crippen LogP contribution in [0.4, 0.5) is 5.69 Å². The smallest absolute Gasteiger partial charge is 0.229 e. The number of aromatic nitrogens is 1. The Hall–Kier alpha value is -2.94. The van der Waals surface area contributed by atoms with Crippen LogP contribution in [-0.2, 0) is 4.79 Å². The lowest BCUT2D eigenvalue weighted by atomic mass is 9.95. The van der Waals surface area contributed by atoms with Crippen LogP contribution in [0.3, 0.4) is 0 Å². The van der Waals surface area contributed by atoms with Crippen LogP contribution >= 0.6 is 0 Å². The molecule has 0 bridgehead atoms. The maximum atomic E-state index is 12.4. The van der Waals surface area contributed by atoms with Crippen molar-refractivity contribution in [2.75, 3.05) is 5.32 Å². The molecule has 0 unspecified atom stereocenters. The number of fused-ring (bicyclic) bond motifs is 1. The number of hydrogen-bond donors (Lipinski definition) is 1. The lowest BCUT2D eigenvalue weighted by molar-refractivity contribution is -0.123. The number of carbonyl (C=O) groups excluding carboxylic acids is 1. The molecule has 0 atom stereocenters. The molecule has 0 radical (unpaired) electrons. The molecule has 0 spiro atoms. The minimum atomic E-state index is -0.454. The zero-order valence-corrected chi connectivity index (χ0v) is 15.7. The Balaban J connectivity index is 1.99. The van der Waals surface area contributed by atoms with E-state index >= 15 is 0 Å². The van der Waals surface area contributed by atoms with E-state index in [4.69, 9.17) is 0 Å². The van der Waals surface area contributed by atoms with Crippen LogP contribution in [0.25, 0.3) is 23.1 Å². The van der Waals surface area contributed by atoms with Gasteiger partial charge in [-0.2, -0.15) is 0 Å². The molecule has 0 fully saturated rings. The molecule has 26 heavy (non-hydrogen) atoms. The van der Waals surface area contributed by atoms with E-state index in [1.165, 1.54) is 5.56 Å². The van der Waals surface area contributed by atoms with Crippen LogP contribution in [0.2, 0.25) is 0 Å². The first kappa shape index (κ1) is 17.9. The van der Waals surface area contributed by atoms with E-state index in [0.29, 0.717) is 0 Å². The second kappa shape index (κ2) is 7.12. The number of rotatable bonds is 3. The van der Waals surface area contributed by atoms with Crippen molar-refractivity contribution in [3.8, 4) is 0 Å². The van der Waals surface area contributed by atoms with E-state index < -0.39 is 5.41 Å². The van der Waals surface area contributed by atoms with Gasteiger partial charge in [-0.15, -0.1) is 0 Å². The predicted octanol–water partition coefficient (Wildman–Crippen LogP) is 5.70. The monoisotopic (exact) mass is 344 g/mol. The van der Waals surface area contributed by atoms with E-state index in [1.54, 1.807) is 6.20 Å². The van der Waals surface area contributed by atoms with E-state index in [9.17, 15) is 4.79 Å². The molecule has 1 amide bonds. The zero-order chi connectivity index (χ0) is 18.7. The summed E-state index contributed by atoms with van der Waals surface area (Å²) in [5.41, 5.74) is 4.56. The highest BCUT2D eigenvalue weighted by molar-refractivity contribution is 6.04. The third-order valence-electron chi connectivity index (χ3n) is 4.23. The first-order valence-electron chi connectivity index (χ1n) is 8.78. The Kier molecular flexibility index (Phi) is 4.90. The summed E-state index contributed by atoms with van der Waals surface area (Å²) in [7, 11) is 0. The van der Waals surface area contributed by atoms with Gasteiger partial charge in [0.15, 0.2) is 0 Å². The second-order valence-electron chi connectivity index (χ2n) is 7.55. The quantitative estimate of drug-likeness (QED) is 0.619. The van der Waals surface area contributed by atoms with Gasteiger partial charge in [-0.25, -0.2) is 0 Å². The number of hydrogen-bond acceptors (Lipinski definition) is 2. The molecule has 0 aliphatic carbocycles. The molecule has 0 aliphatic rings. The van der Waals surface area contributed by atoms with Gasteiger partial charge in [-0.3, -0.25) is 9.78 Å². The first-order chi connectivity index (χ1) is 12.3. The topological polar surface area (TPSA) is 42.0 Å². The largest absolute Gasteiger partial charge is 0.324 e. The standard InChI is InChI=1S/C23H24N2O/c1-16-7-5-8-17(15-16)10-11-18-12-13-20(25-22(26)23(2,3)4)21-19(18)9-6-14-24-21/h5-15H,1-4H3,(H,25,26). The molecule has 132 valence electrons. The van der Waals surface area contributed by atoms with Gasteiger partial charge < -0.3 is 5.32 Å². The molecule has 2 aromatic carbocycles. The molecule has 3 heteroatoms. The van der Waals surface area contributed by atoms with Gasteiger partial charge in [-0.1, -0.05) is 74.9 Å². The highest BCUT2D eigenvalue weighted by Crippen LogP contribution is 2.28. The Labute approximate surface area is 154 Å². The molecule has 0 saturated heterocycles. The Morgan fingerprint density at radius 2 is 1.85 bits per heavy atom. The highest BCUT2D eigenvalue weighted by Gasteiger charge is 2.22. The Morgan fingerprint density at radius 1 is 1.04 bits per heavy atom. The summed E-state index contributed by atoms with van der Waals surface area (Å²) in [6.07, 6.45) is 5.94. The zero-order valence-electron chi connectivity index (χ0n) is 15.7. The van der Waals surface area contributed by atoms with E-state index in [-0.39, 0.29) is 5.91 Å². The van der Waals surface area contributed by atoms with Gasteiger partial charge in [0.2, 0.25) is 5.91 Å². The van der Waals surface area contributed by atoms with Crippen LogP contribution in [-0.4, -0.2) is 10.9 Å². The van der Waals surface area contributed by atoms with Crippen LogP contribution in [0.5, 0.6) is 0 Å². The van der Waals surface area contributed by atoms with Gasteiger partial charge in [0.05, 0.1) is 11.2 Å². The van der Waals surface area contributed by atoms with Gasteiger partial charge in [-0.05, 0) is 30.2 Å². The maximum Gasteiger partial charge on any atom is 0.229 e. The van der Waals surface area contributed by atoms with Crippen LogP contribution < -0.4 is 5.32 Å². The number of pyridine rings is 1. The molecule has 3 aromatic rings. The van der Waals surface area contributed by atoms with Gasteiger partial charge in [0.1, 0.15) is 0 Å². The molecule has 0 aliphatic heterocycles. The first-order valence-corrected chi connectivity index (χ1v) is 8.78. The molecule has 1 heterocycles. The SMILES string of the molecule is Cc1cccc(C=Cc2ccc(NC(=O)C(C)(C)C)c3ncccc23)c1. The fourth-order valence-electron chi connectivity index (χ4n) is 2.71. The van der Waals surface area contributed by atoms with Crippen molar-refractivity contribution in [2.24, 2.45) is 5.41 Å². The van der Waals surface area contributed by atoms with Crippen LogP contribution in [0, 0.1) is 12.3 Å². The minimum absolute atomic E-state index is 0.0208. The van der Waals surface area contributed by atoms with Gasteiger partial charge in [0, 0.05) is 17.0 Å². The average Bonchev–Trinajstić information content (AvgIpc) is 2.60. The summed E-state index contributed by atoms with van der Waals surface area (Å²) >= 11 is 0. The summed E-state index contributed by atoms with van der Waals surface area (Å²) in [5, 5.41) is 4.02. The lowest BCUT2D eigenvalue weighted by Gasteiger charge is -2.18. The van der Waals surface area contributed by atoms with Crippen molar-refractivity contribution in [1.82, 2.24) is 4.98 Å². The van der Waals surface area contributed by atoms with Crippen LogP contribution in [0.1, 0.15) is 37.5 Å². The number of benzene rings is 2. The summed E-state index contributed by atoms with van der Waals surface area (Å²) in [6, 6.07) is 16.3. The normalized spacial score (nSPS) is 11.8. The molecular weight excluding hydrogens is 320 g/mol. The lowest BCUT2D eigenvalue weighted by Crippen LogP contribution is -2.27. The third-order valence-corrected chi connectivity index (χ3v) is 4.23. The molecular formula is C23H24N2O. The van der Waals surface area contributed by atoms with E-state index in [0.717, 1.165) is 27.7 Å². The number of nitrogens with zero attached hydrogens (tertiary/aromatic N) is 1. The maximum absolute atomic E-state index is 12.4. The summed E-state index contributed by atoms with van der Waals surface area (Å²) < 4.78 is 0. The minimum Gasteiger partial charge on any atom is -0.324 e. The second-order valence-corrected chi connectivity index (χ2v) is 7.55. The number of aryl methyl sites for hydroxylation is 1. The third kappa shape index (κ3) is 3.99. The number of anilines is 1. The average molecular weight is 344 g/mol. The summed E-state index contributed by atoms with van der Waals surface area (Å²) in [6.45, 7) is 7.79. The Bertz CT molecular complexity index is 981. The fourth-order valence-corrected chi connectivity index (χ4v) is 2.71. The molecule has 1 N–H and O–H groups in total. The Morgan fingerprint density at radius 3 is 2.58 bits per heavy atom. The molecule has 3 rings (SSSR count). The van der Waals surface area contributed by atoms with Crippen molar-refractivity contribution >= 4 is 34.6 Å². The number of amides is 1. The fraction of sp³-hybridized carbons (Fsp3) is 0.217. The summed E-state index contributed by atoms with van der Waals surface area (Å²) in [5.74, 6) is -0.0208. The van der Waals surface area contributed by atoms with Crippen molar-refractivity contribution < 1.29 is 4.79 Å². The van der Waals surface area contributed by atoms with Crippen LogP contribution in [0.15, 0.2) is 54.7 Å². The summed E-state index contributed by atoms with van der Waals surface area (Å²) in [4.78, 5) is 16.8. The van der Waals surface area contributed by atoms with Crippen molar-refractivity contribution in [2.45, 2.75) is 27.7 Å². The van der Waals surface area contributed by atoms with Crippen molar-refractivity contribution in [3.05, 3.63) is 71.4 Å². The molecule has 1 aromatic heterocycles. The van der Waals surface area contributed by atoms with Crippen molar-refractivity contribution in [3.63, 3.8) is 0 Å². The number of nitrogens with one attached hydrogen (secondary N) is 1. The predicted molar refractivity (Wildman–Crippen MR) is 110 cm³/mol. The van der Waals surface area contributed by atoms with Gasteiger partial charge >= 0.3 is 0 Å². The van der Waals surface area contributed by atoms with E-state index in [2.05, 4.69) is 53.6 Å². The number of carbonyl (C=O) groups is 1. The highest BCUT2D eigenvalue weighted by atomic mass is 16.2. The molecule has 0 saturated carbocycles.